The van der Waals surface area contributed by atoms with Gasteiger partial charge >= 0.3 is 12.3 Å². The summed E-state index contributed by atoms with van der Waals surface area (Å²) in [5.74, 6) is -1.97. The number of ether oxygens (including phenoxy) is 1. The molecule has 8 nitrogen and oxygen atoms in total. The maximum absolute atomic E-state index is 15.5. The molecule has 52 heavy (non-hydrogen) atoms. The highest BCUT2D eigenvalue weighted by molar-refractivity contribution is 7.82. The molecule has 0 spiro atoms. The minimum atomic E-state index is -4.64. The number of aromatic nitrogens is 1. The van der Waals surface area contributed by atoms with Gasteiger partial charge in [-0.15, -0.1) is 0 Å². The highest BCUT2D eigenvalue weighted by Gasteiger charge is 2.36. The van der Waals surface area contributed by atoms with Gasteiger partial charge in [-0.1, -0.05) is 48.0 Å². The molecule has 14 heteroatoms. The molecule has 3 aromatic carbocycles. The van der Waals surface area contributed by atoms with Gasteiger partial charge in [-0.05, 0) is 87.2 Å². The van der Waals surface area contributed by atoms with Crippen LogP contribution in [0.15, 0.2) is 96.2 Å². The second-order valence-corrected chi connectivity index (χ2v) is 15.3. The summed E-state index contributed by atoms with van der Waals surface area (Å²) in [5.41, 5.74) is -0.575. The average Bonchev–Trinajstić information content (AvgIpc) is 3.10. The number of alkyl halides is 3. The van der Waals surface area contributed by atoms with E-state index in [1.54, 1.807) is 84.6 Å². The topological polar surface area (TPSA) is 91.8 Å². The Labute approximate surface area is 307 Å². The molecule has 276 valence electrons. The number of carbonyl (C=O) groups excluding carboxylic acids is 2. The first-order valence-electron chi connectivity index (χ1n) is 16.7. The number of nitrogens with one attached hydrogen (secondary N) is 1. The van der Waals surface area contributed by atoms with E-state index in [0.717, 1.165) is 12.3 Å². The fraction of sp³-hybridized carbons (Fsp3) is 0.342. The van der Waals surface area contributed by atoms with Gasteiger partial charge in [0, 0.05) is 66.7 Å². The molecule has 1 aliphatic heterocycles. The first kappa shape index (κ1) is 38.9. The van der Waals surface area contributed by atoms with Crippen LogP contribution in [0, 0.1) is 5.82 Å². The summed E-state index contributed by atoms with van der Waals surface area (Å²) >= 11 is 6.06. The van der Waals surface area contributed by atoms with E-state index in [1.165, 1.54) is 18.3 Å². The van der Waals surface area contributed by atoms with Crippen molar-refractivity contribution < 1.29 is 36.1 Å². The normalized spacial score (nSPS) is 16.6. The van der Waals surface area contributed by atoms with Crippen molar-refractivity contribution in [3.63, 3.8) is 0 Å². The van der Waals surface area contributed by atoms with Gasteiger partial charge in [0.1, 0.15) is 22.4 Å². The van der Waals surface area contributed by atoms with E-state index >= 15 is 4.39 Å². The van der Waals surface area contributed by atoms with E-state index < -0.39 is 58.1 Å². The summed E-state index contributed by atoms with van der Waals surface area (Å²) in [6.07, 6.45) is -3.05. The molecule has 1 saturated heterocycles. The number of anilines is 1. The SMILES string of the molecule is CC(C)(C)OC(=O)N1CCN(S(=O)c2ccccc2)[C@@H](CCc2c(F)cccc2NC(=O)C[C@@H](c2ccc(Cl)cc2)c2cncc(C(F)(F)F)c2)C1. The zero-order chi connectivity index (χ0) is 37.6. The Bertz CT molecular complexity index is 1890. The lowest BCUT2D eigenvalue weighted by Crippen LogP contribution is -2.55. The van der Waals surface area contributed by atoms with Crippen molar-refractivity contribution in [2.45, 2.75) is 68.7 Å². The Morgan fingerprint density at radius 3 is 2.37 bits per heavy atom. The van der Waals surface area contributed by atoms with Crippen molar-refractivity contribution in [3.05, 3.63) is 124 Å². The second kappa shape index (κ2) is 16.6. The van der Waals surface area contributed by atoms with Crippen molar-refractivity contribution in [2.75, 3.05) is 25.0 Å². The van der Waals surface area contributed by atoms with Crippen LogP contribution in [0.4, 0.5) is 28.0 Å². The van der Waals surface area contributed by atoms with Crippen molar-refractivity contribution in [2.24, 2.45) is 0 Å². The fourth-order valence-corrected chi connectivity index (χ4v) is 7.49. The first-order valence-corrected chi connectivity index (χ1v) is 18.1. The lowest BCUT2D eigenvalue weighted by molar-refractivity contribution is -0.137. The molecule has 0 bridgehead atoms. The van der Waals surface area contributed by atoms with Gasteiger partial charge in [0.05, 0.1) is 10.5 Å². The predicted octanol–water partition coefficient (Wildman–Crippen LogP) is 8.63. The third-order valence-electron chi connectivity index (χ3n) is 8.51. The summed E-state index contributed by atoms with van der Waals surface area (Å²) in [7, 11) is -1.57. The maximum Gasteiger partial charge on any atom is 0.417 e. The van der Waals surface area contributed by atoms with E-state index in [4.69, 9.17) is 16.3 Å². The molecule has 1 unspecified atom stereocenters. The van der Waals surface area contributed by atoms with Gasteiger partial charge in [0.25, 0.3) is 0 Å². The number of hydrogen-bond donors (Lipinski definition) is 1. The lowest BCUT2D eigenvalue weighted by atomic mass is 9.88. The van der Waals surface area contributed by atoms with Crippen LogP contribution in [0.5, 0.6) is 0 Å². The maximum atomic E-state index is 15.5. The van der Waals surface area contributed by atoms with Crippen molar-refractivity contribution >= 4 is 40.3 Å². The minimum Gasteiger partial charge on any atom is -0.444 e. The van der Waals surface area contributed by atoms with Gasteiger partial charge in [0.2, 0.25) is 5.91 Å². The van der Waals surface area contributed by atoms with Crippen LogP contribution < -0.4 is 5.32 Å². The summed E-state index contributed by atoms with van der Waals surface area (Å²) < 4.78 is 77.4. The van der Waals surface area contributed by atoms with Crippen LogP contribution in [0.25, 0.3) is 0 Å². The molecule has 3 atom stereocenters. The zero-order valence-corrected chi connectivity index (χ0v) is 30.4. The van der Waals surface area contributed by atoms with Crippen molar-refractivity contribution in [1.82, 2.24) is 14.2 Å². The monoisotopic (exact) mass is 758 g/mol. The summed E-state index contributed by atoms with van der Waals surface area (Å²) in [5, 5.41) is 3.19. The number of piperazine rings is 1. The highest BCUT2D eigenvalue weighted by atomic mass is 35.5. The Morgan fingerprint density at radius 1 is 0.981 bits per heavy atom. The number of nitrogens with zero attached hydrogens (tertiary/aromatic N) is 3. The van der Waals surface area contributed by atoms with Gasteiger partial charge < -0.3 is 15.0 Å². The van der Waals surface area contributed by atoms with E-state index in [-0.39, 0.29) is 55.7 Å². The third-order valence-corrected chi connectivity index (χ3v) is 10.3. The Kier molecular flexibility index (Phi) is 12.4. The van der Waals surface area contributed by atoms with Crippen LogP contribution in [0.2, 0.25) is 5.02 Å². The van der Waals surface area contributed by atoms with Crippen molar-refractivity contribution in [1.29, 1.82) is 0 Å². The van der Waals surface area contributed by atoms with Crippen molar-refractivity contribution in [3.8, 4) is 0 Å². The molecule has 0 radical (unpaired) electrons. The van der Waals surface area contributed by atoms with E-state index in [9.17, 15) is 27.0 Å². The Hall–Kier alpha value is -4.33. The zero-order valence-electron chi connectivity index (χ0n) is 28.8. The Balaban J connectivity index is 1.37. The minimum absolute atomic E-state index is 0.107. The van der Waals surface area contributed by atoms with E-state index in [2.05, 4.69) is 10.3 Å². The second-order valence-electron chi connectivity index (χ2n) is 13.4. The molecule has 1 aromatic heterocycles. The standard InChI is InChI=1S/C38H39ClF4N4O4S/c1-37(2,3)51-36(49)46-18-19-47(52(50)30-8-5-4-6-9-30)29(24-46)16-17-31-33(40)10-7-11-34(31)45-35(48)21-32(25-12-14-28(39)15-13-25)26-20-27(23-44-22-26)38(41,42)43/h4-15,20,22-23,29,32H,16-19,21,24H2,1-3H3,(H,45,48)/t29-,32-,52?/m0/s1. The summed E-state index contributed by atoms with van der Waals surface area (Å²) in [6.45, 7) is 6.04. The molecule has 0 saturated carbocycles. The number of benzene rings is 3. The molecule has 2 heterocycles. The fourth-order valence-electron chi connectivity index (χ4n) is 6.01. The van der Waals surface area contributed by atoms with E-state index in [1.807, 2.05) is 6.07 Å². The number of pyridine rings is 1. The van der Waals surface area contributed by atoms with Gasteiger partial charge in [0.15, 0.2) is 0 Å². The number of carbonyl (C=O) groups is 2. The highest BCUT2D eigenvalue weighted by Crippen LogP contribution is 2.35. The van der Waals surface area contributed by atoms with Gasteiger partial charge in [-0.25, -0.2) is 17.7 Å². The van der Waals surface area contributed by atoms with Gasteiger partial charge in [-0.2, -0.15) is 13.2 Å². The lowest BCUT2D eigenvalue weighted by Gasteiger charge is -2.40. The molecular weight excluding hydrogens is 720 g/mol. The molecule has 1 fully saturated rings. The number of halogens is 5. The molecule has 2 amide bonds. The number of amides is 2. The van der Waals surface area contributed by atoms with Crippen LogP contribution in [-0.2, 0) is 33.1 Å². The largest absolute Gasteiger partial charge is 0.444 e. The van der Waals surface area contributed by atoms with Crippen LogP contribution in [0.3, 0.4) is 0 Å². The van der Waals surface area contributed by atoms with Crippen LogP contribution >= 0.6 is 11.6 Å². The Morgan fingerprint density at radius 2 is 1.69 bits per heavy atom. The van der Waals surface area contributed by atoms with Gasteiger partial charge in [-0.3, -0.25) is 9.78 Å². The quantitative estimate of drug-likeness (QED) is 0.164. The van der Waals surface area contributed by atoms with E-state index in [0.29, 0.717) is 15.5 Å². The average molecular weight is 759 g/mol. The number of hydrogen-bond acceptors (Lipinski definition) is 5. The smallest absolute Gasteiger partial charge is 0.417 e. The van der Waals surface area contributed by atoms with Crippen LogP contribution in [-0.4, -0.2) is 61.7 Å². The number of rotatable bonds is 10. The third kappa shape index (κ3) is 10.2. The molecule has 1 N–H and O–H groups in total. The first-order chi connectivity index (χ1) is 24.6. The molecule has 5 rings (SSSR count). The summed E-state index contributed by atoms with van der Waals surface area (Å²) in [4.78, 5) is 32.6. The van der Waals surface area contributed by atoms with Crippen LogP contribution in [0.1, 0.15) is 61.8 Å². The summed E-state index contributed by atoms with van der Waals surface area (Å²) in [6, 6.07) is 20.1. The molecule has 1 aliphatic rings. The predicted molar refractivity (Wildman–Crippen MR) is 192 cm³/mol. The molecule has 0 aliphatic carbocycles. The molecular formula is C38H39ClF4N4O4S. The molecule has 4 aromatic rings.